The molecular formula is C16H14O4. The number of ether oxygens (including phenoxy) is 2. The van der Waals surface area contributed by atoms with Crippen LogP contribution in [0.15, 0.2) is 42.5 Å². The highest BCUT2D eigenvalue weighted by molar-refractivity contribution is 6.00. The molecule has 0 aromatic heterocycles. The summed E-state index contributed by atoms with van der Waals surface area (Å²) in [6.45, 7) is 0. The van der Waals surface area contributed by atoms with Crippen molar-refractivity contribution in [2.24, 2.45) is 0 Å². The molecule has 2 aromatic carbocycles. The Morgan fingerprint density at radius 1 is 1.05 bits per heavy atom. The van der Waals surface area contributed by atoms with Crippen molar-refractivity contribution in [2.45, 2.75) is 0 Å². The fourth-order valence-electron chi connectivity index (χ4n) is 2.01. The molecule has 4 heteroatoms. The SMILES string of the molecule is COC(=O)c1cc(OC)ccc1-c1ccccc1C=O. The molecule has 20 heavy (non-hydrogen) atoms. The number of benzene rings is 2. The fourth-order valence-corrected chi connectivity index (χ4v) is 2.01. The van der Waals surface area contributed by atoms with Crippen LogP contribution in [0, 0.1) is 0 Å². The predicted molar refractivity (Wildman–Crippen MR) is 75.2 cm³/mol. The summed E-state index contributed by atoms with van der Waals surface area (Å²) in [5.74, 6) is 0.0809. The van der Waals surface area contributed by atoms with E-state index in [0.29, 0.717) is 28.0 Å². The fraction of sp³-hybridized carbons (Fsp3) is 0.125. The Hall–Kier alpha value is -2.62. The molecule has 0 bridgehead atoms. The third-order valence-electron chi connectivity index (χ3n) is 3.01. The number of hydrogen-bond acceptors (Lipinski definition) is 4. The van der Waals surface area contributed by atoms with Crippen LogP contribution in [-0.2, 0) is 4.74 Å². The molecule has 0 unspecified atom stereocenters. The second kappa shape index (κ2) is 6.02. The molecule has 2 aromatic rings. The van der Waals surface area contributed by atoms with Crippen molar-refractivity contribution in [1.82, 2.24) is 0 Å². The summed E-state index contributed by atoms with van der Waals surface area (Å²) in [5.41, 5.74) is 2.20. The van der Waals surface area contributed by atoms with Crippen molar-refractivity contribution in [2.75, 3.05) is 14.2 Å². The molecule has 0 aliphatic heterocycles. The van der Waals surface area contributed by atoms with Gasteiger partial charge < -0.3 is 9.47 Å². The first-order valence-corrected chi connectivity index (χ1v) is 6.02. The van der Waals surface area contributed by atoms with Crippen LogP contribution >= 0.6 is 0 Å². The normalized spacial score (nSPS) is 9.90. The highest BCUT2D eigenvalue weighted by Crippen LogP contribution is 2.29. The van der Waals surface area contributed by atoms with Gasteiger partial charge in [-0.1, -0.05) is 24.3 Å². The smallest absolute Gasteiger partial charge is 0.338 e. The average molecular weight is 270 g/mol. The van der Waals surface area contributed by atoms with Gasteiger partial charge in [-0.25, -0.2) is 4.79 Å². The molecule has 0 amide bonds. The van der Waals surface area contributed by atoms with E-state index < -0.39 is 5.97 Å². The first kappa shape index (κ1) is 13.8. The number of carbonyl (C=O) groups is 2. The Morgan fingerprint density at radius 2 is 1.80 bits per heavy atom. The Balaban J connectivity index is 2.66. The van der Waals surface area contributed by atoms with Gasteiger partial charge in [0, 0.05) is 5.56 Å². The largest absolute Gasteiger partial charge is 0.497 e. The Kier molecular flexibility index (Phi) is 4.15. The minimum atomic E-state index is -0.473. The summed E-state index contributed by atoms with van der Waals surface area (Å²) in [4.78, 5) is 23.0. The molecule has 0 N–H and O–H groups in total. The molecule has 4 nitrogen and oxygen atoms in total. The van der Waals surface area contributed by atoms with Crippen LogP contribution in [0.4, 0.5) is 0 Å². The van der Waals surface area contributed by atoms with E-state index in [1.807, 2.05) is 6.07 Å². The standard InChI is InChI=1S/C16H14O4/c1-19-12-7-8-14(15(9-12)16(18)20-2)13-6-4-3-5-11(13)10-17/h3-10H,1-2H3. The molecule has 0 saturated heterocycles. The van der Waals surface area contributed by atoms with Crippen LogP contribution in [0.25, 0.3) is 11.1 Å². The van der Waals surface area contributed by atoms with Crippen molar-refractivity contribution in [1.29, 1.82) is 0 Å². The monoisotopic (exact) mass is 270 g/mol. The van der Waals surface area contributed by atoms with Gasteiger partial charge in [-0.2, -0.15) is 0 Å². The second-order valence-corrected chi connectivity index (χ2v) is 4.11. The van der Waals surface area contributed by atoms with Crippen molar-refractivity contribution in [3.63, 3.8) is 0 Å². The summed E-state index contributed by atoms with van der Waals surface area (Å²) in [5, 5.41) is 0. The van der Waals surface area contributed by atoms with Crippen LogP contribution < -0.4 is 4.74 Å². The molecule has 102 valence electrons. The van der Waals surface area contributed by atoms with Gasteiger partial charge in [-0.3, -0.25) is 4.79 Å². The molecule has 0 saturated carbocycles. The van der Waals surface area contributed by atoms with Crippen LogP contribution in [0.2, 0.25) is 0 Å². The van der Waals surface area contributed by atoms with Crippen molar-refractivity contribution >= 4 is 12.3 Å². The third kappa shape index (κ3) is 2.54. The average Bonchev–Trinajstić information content (AvgIpc) is 2.53. The van der Waals surface area contributed by atoms with E-state index in [1.165, 1.54) is 14.2 Å². The maximum Gasteiger partial charge on any atom is 0.338 e. The summed E-state index contributed by atoms with van der Waals surface area (Å²) in [7, 11) is 2.84. The molecule has 0 aliphatic carbocycles. The van der Waals surface area contributed by atoms with Crippen LogP contribution in [0.1, 0.15) is 20.7 Å². The highest BCUT2D eigenvalue weighted by Gasteiger charge is 2.16. The number of esters is 1. The maximum atomic E-state index is 11.9. The van der Waals surface area contributed by atoms with E-state index in [0.717, 1.165) is 6.29 Å². The first-order valence-electron chi connectivity index (χ1n) is 6.02. The van der Waals surface area contributed by atoms with E-state index in [2.05, 4.69) is 0 Å². The van der Waals surface area contributed by atoms with E-state index >= 15 is 0 Å². The van der Waals surface area contributed by atoms with Crippen LogP contribution in [0.5, 0.6) is 5.75 Å². The lowest BCUT2D eigenvalue weighted by Crippen LogP contribution is -2.05. The molecule has 0 radical (unpaired) electrons. The van der Waals surface area contributed by atoms with Crippen molar-refractivity contribution < 1.29 is 19.1 Å². The zero-order chi connectivity index (χ0) is 14.5. The first-order chi connectivity index (χ1) is 9.71. The maximum absolute atomic E-state index is 11.9. The van der Waals surface area contributed by atoms with Gasteiger partial charge >= 0.3 is 5.97 Å². The topological polar surface area (TPSA) is 52.6 Å². The van der Waals surface area contributed by atoms with E-state index in [-0.39, 0.29) is 0 Å². The van der Waals surface area contributed by atoms with Gasteiger partial charge in [0.1, 0.15) is 5.75 Å². The zero-order valence-corrected chi connectivity index (χ0v) is 11.3. The number of carbonyl (C=O) groups excluding carboxylic acids is 2. The van der Waals surface area contributed by atoms with Gasteiger partial charge in [0.25, 0.3) is 0 Å². The van der Waals surface area contributed by atoms with Crippen LogP contribution in [0.3, 0.4) is 0 Å². The molecule has 0 atom stereocenters. The summed E-state index contributed by atoms with van der Waals surface area (Å²) in [6.07, 6.45) is 0.765. The number of aldehydes is 1. The van der Waals surface area contributed by atoms with Gasteiger partial charge in [0.05, 0.1) is 19.8 Å². The molecule has 0 aliphatic rings. The lowest BCUT2D eigenvalue weighted by atomic mass is 9.95. The predicted octanol–water partition coefficient (Wildman–Crippen LogP) is 2.96. The van der Waals surface area contributed by atoms with E-state index in [9.17, 15) is 9.59 Å². The molecule has 2 rings (SSSR count). The van der Waals surface area contributed by atoms with Crippen molar-refractivity contribution in [3.05, 3.63) is 53.6 Å². The zero-order valence-electron chi connectivity index (χ0n) is 11.3. The van der Waals surface area contributed by atoms with Gasteiger partial charge in [0.15, 0.2) is 6.29 Å². The molecule has 0 fully saturated rings. The lowest BCUT2D eigenvalue weighted by Gasteiger charge is -2.11. The van der Waals surface area contributed by atoms with Gasteiger partial charge in [0.2, 0.25) is 0 Å². The number of methoxy groups -OCH3 is 2. The third-order valence-corrected chi connectivity index (χ3v) is 3.01. The van der Waals surface area contributed by atoms with Crippen molar-refractivity contribution in [3.8, 4) is 16.9 Å². The highest BCUT2D eigenvalue weighted by atomic mass is 16.5. The molecule has 0 spiro atoms. The second-order valence-electron chi connectivity index (χ2n) is 4.11. The summed E-state index contributed by atoms with van der Waals surface area (Å²) in [6, 6.07) is 12.2. The summed E-state index contributed by atoms with van der Waals surface area (Å²) >= 11 is 0. The summed E-state index contributed by atoms with van der Waals surface area (Å²) < 4.78 is 9.91. The Morgan fingerprint density at radius 3 is 2.45 bits per heavy atom. The number of rotatable bonds is 4. The van der Waals surface area contributed by atoms with E-state index in [1.54, 1.807) is 36.4 Å². The molecule has 0 heterocycles. The molecular weight excluding hydrogens is 256 g/mol. The lowest BCUT2D eigenvalue weighted by molar-refractivity contribution is 0.0601. The van der Waals surface area contributed by atoms with Gasteiger partial charge in [-0.05, 0) is 29.3 Å². The Labute approximate surface area is 116 Å². The minimum Gasteiger partial charge on any atom is -0.497 e. The van der Waals surface area contributed by atoms with E-state index in [4.69, 9.17) is 9.47 Å². The number of hydrogen-bond donors (Lipinski definition) is 0. The quantitative estimate of drug-likeness (QED) is 0.633. The Bertz CT molecular complexity index is 647. The van der Waals surface area contributed by atoms with Gasteiger partial charge in [-0.15, -0.1) is 0 Å². The minimum absolute atomic E-state index is 0.362. The van der Waals surface area contributed by atoms with Crippen LogP contribution in [-0.4, -0.2) is 26.5 Å².